The molecule has 5 aromatic rings. The van der Waals surface area contributed by atoms with Crippen molar-refractivity contribution in [3.8, 4) is 5.75 Å². The van der Waals surface area contributed by atoms with E-state index in [2.05, 4.69) is 20.3 Å². The number of aromatic nitrogens is 4. The van der Waals surface area contributed by atoms with E-state index >= 15 is 0 Å². The maximum Gasteiger partial charge on any atom is 0.338 e. The molecular weight excluding hydrogens is 486 g/mol. The second-order valence-corrected chi connectivity index (χ2v) is 8.32. The Labute approximate surface area is 216 Å². The van der Waals surface area contributed by atoms with E-state index in [4.69, 9.17) is 9.47 Å². The van der Waals surface area contributed by atoms with E-state index in [0.717, 1.165) is 0 Å². The third-order valence-corrected chi connectivity index (χ3v) is 5.61. The van der Waals surface area contributed by atoms with Gasteiger partial charge in [0.05, 0.1) is 18.4 Å². The number of carbonyl (C=O) groups is 2. The average Bonchev–Trinajstić information content (AvgIpc) is 3.36. The number of esters is 1. The number of fused-ring (bicyclic) bond motifs is 1. The zero-order valence-electron chi connectivity index (χ0n) is 20.1. The minimum Gasteiger partial charge on any atom is -0.490 e. The number of amides is 1. The van der Waals surface area contributed by atoms with E-state index in [1.54, 1.807) is 77.4 Å². The first-order valence-corrected chi connectivity index (χ1v) is 11.8. The Morgan fingerprint density at radius 2 is 1.53 bits per heavy atom. The van der Waals surface area contributed by atoms with E-state index in [0.29, 0.717) is 16.9 Å². The van der Waals surface area contributed by atoms with Crippen molar-refractivity contribution in [3.63, 3.8) is 0 Å². The smallest absolute Gasteiger partial charge is 0.338 e. The summed E-state index contributed by atoms with van der Waals surface area (Å²) >= 11 is 0. The molecule has 0 spiro atoms. The Morgan fingerprint density at radius 3 is 2.21 bits per heavy atom. The lowest BCUT2D eigenvalue weighted by Gasteiger charge is -2.19. The molecule has 10 nitrogen and oxygen atoms in total. The quantitative estimate of drug-likeness (QED) is 0.290. The lowest BCUT2D eigenvalue weighted by atomic mass is 10.2. The van der Waals surface area contributed by atoms with Crippen molar-refractivity contribution in [2.45, 2.75) is 12.6 Å². The molecule has 5 rings (SSSR count). The molecule has 0 fully saturated rings. The van der Waals surface area contributed by atoms with Gasteiger partial charge < -0.3 is 14.0 Å². The van der Waals surface area contributed by atoms with Gasteiger partial charge in [-0.25, -0.2) is 9.78 Å². The molecule has 190 valence electrons. The van der Waals surface area contributed by atoms with Crippen molar-refractivity contribution in [2.75, 3.05) is 11.9 Å². The van der Waals surface area contributed by atoms with Crippen molar-refractivity contribution < 1.29 is 19.1 Å². The van der Waals surface area contributed by atoms with Crippen LogP contribution in [0.5, 0.6) is 5.75 Å². The summed E-state index contributed by atoms with van der Waals surface area (Å²) in [4.78, 5) is 49.3. The van der Waals surface area contributed by atoms with Gasteiger partial charge in [-0.05, 0) is 36.4 Å². The van der Waals surface area contributed by atoms with Crippen molar-refractivity contribution in [1.29, 1.82) is 0 Å². The Balaban J connectivity index is 1.37. The molecular formula is C28H23N5O5. The van der Waals surface area contributed by atoms with Gasteiger partial charge in [-0.1, -0.05) is 54.6 Å². The lowest BCUT2D eigenvalue weighted by Crippen LogP contribution is -2.30. The van der Waals surface area contributed by atoms with Gasteiger partial charge in [-0.3, -0.25) is 19.9 Å². The number of anilines is 1. The number of para-hydroxylation sites is 1. The number of nitrogens with zero attached hydrogens (tertiary/aromatic N) is 3. The van der Waals surface area contributed by atoms with Crippen LogP contribution in [0.15, 0.2) is 102 Å². The van der Waals surface area contributed by atoms with Crippen LogP contribution in [0.3, 0.4) is 0 Å². The van der Waals surface area contributed by atoms with Gasteiger partial charge in [-0.2, -0.15) is 4.98 Å². The van der Waals surface area contributed by atoms with Crippen LogP contribution < -0.4 is 15.6 Å². The number of H-pyrrole nitrogens is 1. The van der Waals surface area contributed by atoms with Crippen LogP contribution in [-0.2, 0) is 11.3 Å². The van der Waals surface area contributed by atoms with Crippen molar-refractivity contribution in [3.05, 3.63) is 119 Å². The Morgan fingerprint density at radius 1 is 0.895 bits per heavy atom. The first kappa shape index (κ1) is 24.4. The number of benzene rings is 3. The van der Waals surface area contributed by atoms with Crippen LogP contribution in [0.2, 0.25) is 0 Å². The van der Waals surface area contributed by atoms with Crippen LogP contribution in [0.1, 0.15) is 20.7 Å². The fourth-order valence-electron chi connectivity index (χ4n) is 3.80. The molecule has 1 atom stereocenters. The zero-order chi connectivity index (χ0) is 26.3. The van der Waals surface area contributed by atoms with Gasteiger partial charge >= 0.3 is 5.97 Å². The molecule has 2 aromatic heterocycles. The molecule has 0 radical (unpaired) electrons. The monoisotopic (exact) mass is 509 g/mol. The highest BCUT2D eigenvalue weighted by Gasteiger charge is 2.21. The molecule has 2 heterocycles. The number of hydrogen-bond acceptors (Lipinski definition) is 7. The van der Waals surface area contributed by atoms with Gasteiger partial charge in [-0.15, -0.1) is 0 Å². The zero-order valence-corrected chi connectivity index (χ0v) is 20.1. The van der Waals surface area contributed by atoms with Crippen LogP contribution in [0.25, 0.3) is 11.2 Å². The largest absolute Gasteiger partial charge is 0.490 e. The Bertz CT molecular complexity index is 1600. The summed E-state index contributed by atoms with van der Waals surface area (Å²) in [5, 5.41) is 2.58. The van der Waals surface area contributed by atoms with Crippen molar-refractivity contribution in [1.82, 2.24) is 19.5 Å². The predicted octanol–water partition coefficient (Wildman–Crippen LogP) is 3.68. The van der Waals surface area contributed by atoms with Gasteiger partial charge in [0.2, 0.25) is 5.95 Å². The summed E-state index contributed by atoms with van der Waals surface area (Å²) in [7, 11) is 0. The first-order valence-electron chi connectivity index (χ1n) is 11.8. The molecule has 0 aliphatic rings. The van der Waals surface area contributed by atoms with E-state index in [1.807, 2.05) is 18.2 Å². The summed E-state index contributed by atoms with van der Waals surface area (Å²) in [6, 6.07) is 26.3. The number of nitrogens with one attached hydrogen (secondary N) is 2. The number of carbonyl (C=O) groups excluding carboxylic acids is 2. The first-order chi connectivity index (χ1) is 18.6. The van der Waals surface area contributed by atoms with Gasteiger partial charge in [0.25, 0.3) is 11.5 Å². The molecule has 0 aliphatic carbocycles. The third kappa shape index (κ3) is 5.76. The van der Waals surface area contributed by atoms with Gasteiger partial charge in [0.15, 0.2) is 17.3 Å². The van der Waals surface area contributed by atoms with E-state index in [9.17, 15) is 14.4 Å². The minimum atomic E-state index is -0.753. The molecule has 10 heteroatoms. The molecule has 38 heavy (non-hydrogen) atoms. The van der Waals surface area contributed by atoms with Crippen LogP contribution in [-0.4, -0.2) is 44.1 Å². The standard InChI is InChI=1S/C28H23N5O5/c34-25(19-10-4-1-5-11-19)31-28-30-24-23(26(35)32-28)33(18-29-24)16-22(17-37-21-14-8-3-9-15-21)38-27(36)20-12-6-2-7-13-20/h1-15,18,22H,16-17H2,(H2,30,31,32,34,35)/t22-/m0/s1. The number of aromatic amines is 1. The van der Waals surface area contributed by atoms with Gasteiger partial charge in [0, 0.05) is 5.56 Å². The van der Waals surface area contributed by atoms with Crippen molar-refractivity contribution >= 4 is 29.0 Å². The summed E-state index contributed by atoms with van der Waals surface area (Å²) in [6.45, 7) is 0.126. The highest BCUT2D eigenvalue weighted by molar-refractivity contribution is 6.03. The molecule has 0 saturated heterocycles. The second-order valence-electron chi connectivity index (χ2n) is 8.32. The molecule has 0 bridgehead atoms. The Hall–Kier alpha value is -5.25. The van der Waals surface area contributed by atoms with Crippen molar-refractivity contribution in [2.24, 2.45) is 0 Å². The number of ether oxygens (including phenoxy) is 2. The van der Waals surface area contributed by atoms with E-state index < -0.39 is 23.5 Å². The predicted molar refractivity (Wildman–Crippen MR) is 140 cm³/mol. The maximum atomic E-state index is 13.0. The molecule has 0 saturated carbocycles. The summed E-state index contributed by atoms with van der Waals surface area (Å²) in [6.07, 6.45) is 0.679. The van der Waals surface area contributed by atoms with E-state index in [1.165, 1.54) is 6.33 Å². The molecule has 1 amide bonds. The second kappa shape index (κ2) is 11.2. The van der Waals surface area contributed by atoms with Crippen LogP contribution >= 0.6 is 0 Å². The maximum absolute atomic E-state index is 13.0. The summed E-state index contributed by atoms with van der Waals surface area (Å²) < 4.78 is 13.1. The van der Waals surface area contributed by atoms with Crippen LogP contribution in [0.4, 0.5) is 5.95 Å². The number of rotatable bonds is 9. The molecule has 0 aliphatic heterocycles. The highest BCUT2D eigenvalue weighted by atomic mass is 16.6. The molecule has 3 aromatic carbocycles. The average molecular weight is 510 g/mol. The molecule has 2 N–H and O–H groups in total. The number of imidazole rings is 1. The number of hydrogen-bond donors (Lipinski definition) is 2. The van der Waals surface area contributed by atoms with Crippen LogP contribution in [0, 0.1) is 0 Å². The Kier molecular flexibility index (Phi) is 7.21. The van der Waals surface area contributed by atoms with E-state index in [-0.39, 0.29) is 30.3 Å². The van der Waals surface area contributed by atoms with Gasteiger partial charge in [0.1, 0.15) is 12.4 Å². The molecule has 0 unspecified atom stereocenters. The summed E-state index contributed by atoms with van der Waals surface area (Å²) in [5.41, 5.74) is 0.610. The fourth-order valence-corrected chi connectivity index (χ4v) is 3.80. The third-order valence-electron chi connectivity index (χ3n) is 5.61. The topological polar surface area (TPSA) is 128 Å². The minimum absolute atomic E-state index is 0.0268. The lowest BCUT2D eigenvalue weighted by molar-refractivity contribution is 0.0128. The normalized spacial score (nSPS) is 11.6. The summed E-state index contributed by atoms with van der Waals surface area (Å²) in [5.74, 6) is -0.351. The highest BCUT2D eigenvalue weighted by Crippen LogP contribution is 2.14. The fraction of sp³-hybridized carbons (Fsp3) is 0.107. The SMILES string of the molecule is O=C(Nc1nc2ncn(C[C@@H](COc3ccccc3)OC(=O)c3ccccc3)c2c(=O)[nH]1)c1ccccc1.